The lowest BCUT2D eigenvalue weighted by molar-refractivity contribution is 0.114. The first-order valence-corrected chi connectivity index (χ1v) is 7.30. The standard InChI is InChI=1S/C16H20N2O3/c1-10(15-9-12-5-3-4-6-14(12)21-15)17-16(19)18-13-7-8-20-11(13)2/h3-6,9-11,13H,7-8H2,1-2H3,(H2,17,18,19). The monoisotopic (exact) mass is 288 g/mol. The van der Waals surface area contributed by atoms with E-state index in [2.05, 4.69) is 10.6 Å². The zero-order chi connectivity index (χ0) is 14.8. The molecule has 1 aliphatic heterocycles. The van der Waals surface area contributed by atoms with Gasteiger partial charge in [-0.05, 0) is 32.4 Å². The van der Waals surface area contributed by atoms with Gasteiger partial charge in [0.05, 0.1) is 18.2 Å². The first kappa shape index (κ1) is 13.9. The van der Waals surface area contributed by atoms with Gasteiger partial charge in [-0.2, -0.15) is 0 Å². The van der Waals surface area contributed by atoms with Crippen LogP contribution in [0.4, 0.5) is 4.79 Å². The molecule has 2 aromatic rings. The predicted molar refractivity (Wildman–Crippen MR) is 80.1 cm³/mol. The van der Waals surface area contributed by atoms with E-state index >= 15 is 0 Å². The molecule has 5 heteroatoms. The molecule has 1 saturated heterocycles. The van der Waals surface area contributed by atoms with E-state index in [-0.39, 0.29) is 24.2 Å². The molecule has 112 valence electrons. The fourth-order valence-electron chi connectivity index (χ4n) is 2.61. The molecule has 0 aliphatic carbocycles. The van der Waals surface area contributed by atoms with E-state index in [0.717, 1.165) is 23.2 Å². The fraction of sp³-hybridized carbons (Fsp3) is 0.438. The molecule has 1 fully saturated rings. The summed E-state index contributed by atoms with van der Waals surface area (Å²) in [5, 5.41) is 6.89. The number of hydrogen-bond acceptors (Lipinski definition) is 3. The van der Waals surface area contributed by atoms with Crippen molar-refractivity contribution in [3.8, 4) is 0 Å². The van der Waals surface area contributed by atoms with Gasteiger partial charge < -0.3 is 19.8 Å². The minimum atomic E-state index is -0.190. The van der Waals surface area contributed by atoms with E-state index in [9.17, 15) is 4.79 Å². The number of rotatable bonds is 3. The molecule has 1 aliphatic rings. The number of fused-ring (bicyclic) bond motifs is 1. The van der Waals surface area contributed by atoms with E-state index in [0.29, 0.717) is 6.61 Å². The largest absolute Gasteiger partial charge is 0.459 e. The molecule has 1 aromatic heterocycles. The minimum absolute atomic E-state index is 0.0669. The molecule has 3 unspecified atom stereocenters. The summed E-state index contributed by atoms with van der Waals surface area (Å²) >= 11 is 0. The van der Waals surface area contributed by atoms with Crippen LogP contribution >= 0.6 is 0 Å². The number of nitrogens with one attached hydrogen (secondary N) is 2. The smallest absolute Gasteiger partial charge is 0.315 e. The summed E-state index contributed by atoms with van der Waals surface area (Å²) < 4.78 is 11.2. The molecule has 0 radical (unpaired) electrons. The molecule has 0 saturated carbocycles. The van der Waals surface area contributed by atoms with Crippen molar-refractivity contribution in [1.29, 1.82) is 0 Å². The normalized spacial score (nSPS) is 23.1. The Morgan fingerprint density at radius 3 is 2.90 bits per heavy atom. The number of furan rings is 1. The highest BCUT2D eigenvalue weighted by atomic mass is 16.5. The van der Waals surface area contributed by atoms with Crippen LogP contribution in [0, 0.1) is 0 Å². The molecule has 2 heterocycles. The van der Waals surface area contributed by atoms with Crippen molar-refractivity contribution in [2.24, 2.45) is 0 Å². The van der Waals surface area contributed by atoms with E-state index in [1.807, 2.05) is 44.2 Å². The Bertz CT molecular complexity index is 604. The number of para-hydroxylation sites is 1. The third-order valence-corrected chi connectivity index (χ3v) is 3.91. The maximum Gasteiger partial charge on any atom is 0.315 e. The zero-order valence-corrected chi connectivity index (χ0v) is 12.3. The van der Waals surface area contributed by atoms with Crippen molar-refractivity contribution in [2.45, 2.75) is 38.5 Å². The number of ether oxygens (including phenoxy) is 1. The third-order valence-electron chi connectivity index (χ3n) is 3.91. The lowest BCUT2D eigenvalue weighted by atomic mass is 10.1. The Hall–Kier alpha value is -2.01. The van der Waals surface area contributed by atoms with Crippen LogP contribution in [0.3, 0.4) is 0 Å². The first-order chi connectivity index (χ1) is 10.1. The van der Waals surface area contributed by atoms with Crippen molar-refractivity contribution in [2.75, 3.05) is 6.61 Å². The number of amides is 2. The summed E-state index contributed by atoms with van der Waals surface area (Å²) in [4.78, 5) is 12.0. The van der Waals surface area contributed by atoms with E-state index in [1.54, 1.807) is 0 Å². The van der Waals surface area contributed by atoms with Crippen LogP contribution in [0.25, 0.3) is 11.0 Å². The van der Waals surface area contributed by atoms with Gasteiger partial charge in [0.25, 0.3) is 0 Å². The van der Waals surface area contributed by atoms with Gasteiger partial charge in [0.1, 0.15) is 11.3 Å². The molecular weight excluding hydrogens is 268 g/mol. The fourth-order valence-corrected chi connectivity index (χ4v) is 2.61. The second kappa shape index (κ2) is 5.77. The molecule has 3 atom stereocenters. The Morgan fingerprint density at radius 1 is 1.38 bits per heavy atom. The molecular formula is C16H20N2O3. The van der Waals surface area contributed by atoms with Crippen molar-refractivity contribution in [3.63, 3.8) is 0 Å². The van der Waals surface area contributed by atoms with Crippen LogP contribution in [0.15, 0.2) is 34.7 Å². The molecule has 1 aromatic carbocycles. The third kappa shape index (κ3) is 3.03. The van der Waals surface area contributed by atoms with Crippen LogP contribution in [0.1, 0.15) is 32.1 Å². The average Bonchev–Trinajstić information content (AvgIpc) is 3.05. The summed E-state index contributed by atoms with van der Waals surface area (Å²) in [6, 6.07) is 9.47. The Kier molecular flexibility index (Phi) is 3.84. The number of benzene rings is 1. The molecule has 5 nitrogen and oxygen atoms in total. The molecule has 3 rings (SSSR count). The first-order valence-electron chi connectivity index (χ1n) is 7.30. The lowest BCUT2D eigenvalue weighted by Gasteiger charge is -2.18. The van der Waals surface area contributed by atoms with Gasteiger partial charge in [0, 0.05) is 12.0 Å². The Balaban J connectivity index is 1.62. The van der Waals surface area contributed by atoms with Crippen LogP contribution in [-0.4, -0.2) is 24.8 Å². The molecule has 0 spiro atoms. The summed E-state index contributed by atoms with van der Waals surface area (Å²) in [6.45, 7) is 4.58. The molecule has 21 heavy (non-hydrogen) atoms. The van der Waals surface area contributed by atoms with Gasteiger partial charge in [-0.15, -0.1) is 0 Å². The number of hydrogen-bond donors (Lipinski definition) is 2. The van der Waals surface area contributed by atoms with Gasteiger partial charge in [-0.3, -0.25) is 0 Å². The Morgan fingerprint density at radius 2 is 2.19 bits per heavy atom. The Labute approximate surface area is 123 Å². The van der Waals surface area contributed by atoms with Crippen LogP contribution in [0.2, 0.25) is 0 Å². The maximum atomic E-state index is 12.0. The van der Waals surface area contributed by atoms with Crippen molar-refractivity contribution >= 4 is 17.0 Å². The van der Waals surface area contributed by atoms with E-state index in [4.69, 9.17) is 9.15 Å². The highest BCUT2D eigenvalue weighted by Gasteiger charge is 2.26. The molecule has 0 bridgehead atoms. The van der Waals surface area contributed by atoms with E-state index in [1.165, 1.54) is 0 Å². The summed E-state index contributed by atoms with van der Waals surface area (Å²) in [6.07, 6.45) is 0.922. The lowest BCUT2D eigenvalue weighted by Crippen LogP contribution is -2.45. The van der Waals surface area contributed by atoms with Gasteiger partial charge >= 0.3 is 6.03 Å². The van der Waals surface area contributed by atoms with Gasteiger partial charge in [-0.1, -0.05) is 18.2 Å². The van der Waals surface area contributed by atoms with E-state index < -0.39 is 0 Å². The molecule has 2 N–H and O–H groups in total. The highest BCUT2D eigenvalue weighted by Crippen LogP contribution is 2.23. The van der Waals surface area contributed by atoms with Gasteiger partial charge in [0.15, 0.2) is 0 Å². The molecule has 2 amide bonds. The second-order valence-corrected chi connectivity index (χ2v) is 5.50. The quantitative estimate of drug-likeness (QED) is 0.912. The summed E-state index contributed by atoms with van der Waals surface area (Å²) in [7, 11) is 0. The van der Waals surface area contributed by atoms with Crippen molar-refractivity contribution < 1.29 is 13.9 Å². The minimum Gasteiger partial charge on any atom is -0.459 e. The number of urea groups is 1. The SMILES string of the molecule is CC(NC(=O)NC1CCOC1C)c1cc2ccccc2o1. The van der Waals surface area contributed by atoms with Crippen molar-refractivity contribution in [3.05, 3.63) is 36.1 Å². The number of carbonyl (C=O) groups excluding carboxylic acids is 1. The summed E-state index contributed by atoms with van der Waals surface area (Å²) in [5.74, 6) is 0.752. The highest BCUT2D eigenvalue weighted by molar-refractivity contribution is 5.78. The number of carbonyl (C=O) groups is 1. The van der Waals surface area contributed by atoms with Crippen LogP contribution < -0.4 is 10.6 Å². The van der Waals surface area contributed by atoms with Crippen LogP contribution in [-0.2, 0) is 4.74 Å². The maximum absolute atomic E-state index is 12.0. The topological polar surface area (TPSA) is 63.5 Å². The summed E-state index contributed by atoms with van der Waals surface area (Å²) in [5.41, 5.74) is 0.833. The van der Waals surface area contributed by atoms with Crippen LogP contribution in [0.5, 0.6) is 0 Å². The van der Waals surface area contributed by atoms with Gasteiger partial charge in [-0.25, -0.2) is 4.79 Å². The second-order valence-electron chi connectivity index (χ2n) is 5.50. The van der Waals surface area contributed by atoms with Gasteiger partial charge in [0.2, 0.25) is 0 Å². The van der Waals surface area contributed by atoms with Crippen molar-refractivity contribution in [1.82, 2.24) is 10.6 Å². The predicted octanol–water partition coefficient (Wildman–Crippen LogP) is 2.97. The average molecular weight is 288 g/mol. The zero-order valence-electron chi connectivity index (χ0n) is 12.3.